The molecule has 31 heavy (non-hydrogen) atoms. The van der Waals surface area contributed by atoms with Gasteiger partial charge in [-0.3, -0.25) is 4.90 Å². The highest BCUT2D eigenvalue weighted by Gasteiger charge is 2.31. The molecule has 0 aromatic heterocycles. The molecule has 5 nitrogen and oxygen atoms in total. The Morgan fingerprint density at radius 3 is 2.48 bits per heavy atom. The Morgan fingerprint density at radius 1 is 1.13 bits per heavy atom. The van der Waals surface area contributed by atoms with Crippen molar-refractivity contribution in [2.75, 3.05) is 63.8 Å². The molecule has 1 aromatic carbocycles. The quantitative estimate of drug-likeness (QED) is 0.586. The summed E-state index contributed by atoms with van der Waals surface area (Å²) in [4.78, 5) is 7.89. The number of methoxy groups -OCH3 is 2. The average Bonchev–Trinajstić information content (AvgIpc) is 3.32. The van der Waals surface area contributed by atoms with E-state index in [1.165, 1.54) is 63.9 Å². The van der Waals surface area contributed by atoms with Crippen LogP contribution in [-0.4, -0.2) is 64.6 Å². The molecule has 1 aromatic rings. The number of fused-ring (bicyclic) bond motifs is 1. The van der Waals surface area contributed by atoms with Gasteiger partial charge in [-0.2, -0.15) is 0 Å². The number of hydrogen-bond donors (Lipinski definition) is 1. The lowest BCUT2D eigenvalue weighted by molar-refractivity contribution is 0.190. The second-order valence-electron chi connectivity index (χ2n) is 8.69. The SMILES string of the molecule is CCc1cc(N(CCOC)CCOC)cc2c1NC1=C(CC(N3CCCC3)C=C1C)S2. The molecule has 4 rings (SSSR count). The number of ether oxygens (including phenoxy) is 2. The zero-order valence-electron chi connectivity index (χ0n) is 19.5. The molecule has 0 saturated carbocycles. The lowest BCUT2D eigenvalue weighted by Crippen LogP contribution is -2.34. The van der Waals surface area contributed by atoms with Crippen LogP contribution in [0.2, 0.25) is 0 Å². The first-order chi connectivity index (χ1) is 15.1. The van der Waals surface area contributed by atoms with E-state index in [0.29, 0.717) is 19.3 Å². The van der Waals surface area contributed by atoms with E-state index in [-0.39, 0.29) is 0 Å². The predicted molar refractivity (Wildman–Crippen MR) is 131 cm³/mol. The first-order valence-corrected chi connectivity index (χ1v) is 12.5. The van der Waals surface area contributed by atoms with Gasteiger partial charge in [0.2, 0.25) is 0 Å². The second-order valence-corrected chi connectivity index (χ2v) is 9.83. The van der Waals surface area contributed by atoms with Crippen LogP contribution in [0, 0.1) is 0 Å². The highest BCUT2D eigenvalue weighted by Crippen LogP contribution is 2.48. The van der Waals surface area contributed by atoms with Crippen LogP contribution >= 0.6 is 11.8 Å². The number of allylic oxidation sites excluding steroid dienone is 1. The molecule has 1 atom stereocenters. The summed E-state index contributed by atoms with van der Waals surface area (Å²) in [5.74, 6) is 0. The standard InChI is InChI=1S/C25H37N3O2S/c1-5-19-15-21(28(10-12-29-3)11-13-30-4)17-23-25(19)26-24-18(2)14-20(16-22(24)31-23)27-8-6-7-9-27/h14-15,17,20,26H,5-13,16H2,1-4H3. The Labute approximate surface area is 191 Å². The molecule has 2 heterocycles. The number of benzene rings is 1. The molecule has 1 aliphatic carbocycles. The number of thioether (sulfide) groups is 1. The van der Waals surface area contributed by atoms with E-state index in [4.69, 9.17) is 9.47 Å². The second kappa shape index (κ2) is 10.4. The number of hydrogen-bond acceptors (Lipinski definition) is 6. The van der Waals surface area contributed by atoms with E-state index < -0.39 is 0 Å². The summed E-state index contributed by atoms with van der Waals surface area (Å²) in [6.45, 7) is 10.2. The van der Waals surface area contributed by atoms with Crippen LogP contribution in [0.3, 0.4) is 0 Å². The Bertz CT molecular complexity index is 837. The van der Waals surface area contributed by atoms with Gasteiger partial charge >= 0.3 is 0 Å². The maximum atomic E-state index is 5.37. The lowest BCUT2D eigenvalue weighted by atomic mass is 9.98. The molecule has 170 valence electrons. The largest absolute Gasteiger partial charge is 0.383 e. The van der Waals surface area contributed by atoms with Gasteiger partial charge in [-0.05, 0) is 69.0 Å². The molecular weight excluding hydrogens is 406 g/mol. The van der Waals surface area contributed by atoms with Crippen LogP contribution in [0.25, 0.3) is 0 Å². The third-order valence-corrected chi connectivity index (χ3v) is 7.81. The smallest absolute Gasteiger partial charge is 0.0637 e. The summed E-state index contributed by atoms with van der Waals surface area (Å²) in [6, 6.07) is 5.25. The topological polar surface area (TPSA) is 37.0 Å². The van der Waals surface area contributed by atoms with Gasteiger partial charge in [0.25, 0.3) is 0 Å². The Hall–Kier alpha value is -1.47. The van der Waals surface area contributed by atoms with Crippen LogP contribution in [0.15, 0.2) is 39.3 Å². The number of aryl methyl sites for hydroxylation is 1. The minimum atomic E-state index is 0.547. The summed E-state index contributed by atoms with van der Waals surface area (Å²) in [5.41, 5.74) is 6.67. The maximum absolute atomic E-state index is 5.37. The van der Waals surface area contributed by atoms with Crippen LogP contribution in [-0.2, 0) is 15.9 Å². The van der Waals surface area contributed by atoms with Crippen molar-refractivity contribution in [2.24, 2.45) is 0 Å². The Kier molecular flexibility index (Phi) is 7.64. The highest BCUT2D eigenvalue weighted by molar-refractivity contribution is 8.03. The molecule has 3 aliphatic rings. The minimum absolute atomic E-state index is 0.547. The van der Waals surface area contributed by atoms with Gasteiger partial charge in [0.15, 0.2) is 0 Å². The third-order valence-electron chi connectivity index (χ3n) is 6.65. The van der Waals surface area contributed by atoms with Gasteiger partial charge in [-0.1, -0.05) is 24.8 Å². The van der Waals surface area contributed by atoms with Gasteiger partial charge in [0.1, 0.15) is 0 Å². The Morgan fingerprint density at radius 2 is 1.84 bits per heavy atom. The number of anilines is 2. The number of likely N-dealkylation sites (tertiary alicyclic amines) is 1. The molecule has 0 radical (unpaired) electrons. The van der Waals surface area contributed by atoms with Crippen molar-refractivity contribution < 1.29 is 9.47 Å². The Balaban J connectivity index is 1.61. The van der Waals surface area contributed by atoms with E-state index >= 15 is 0 Å². The number of nitrogens with zero attached hydrogens (tertiary/aromatic N) is 2. The summed E-state index contributed by atoms with van der Waals surface area (Å²) < 4.78 is 10.7. The normalized spacial score (nSPS) is 20.9. The van der Waals surface area contributed by atoms with Crippen LogP contribution in [0.4, 0.5) is 11.4 Å². The van der Waals surface area contributed by atoms with Crippen LogP contribution < -0.4 is 10.2 Å². The van der Waals surface area contributed by atoms with Crippen LogP contribution in [0.1, 0.15) is 38.7 Å². The molecule has 1 fully saturated rings. The molecule has 0 spiro atoms. The third kappa shape index (κ3) is 4.98. The molecule has 0 bridgehead atoms. The van der Waals surface area contributed by atoms with E-state index in [1.54, 1.807) is 14.2 Å². The van der Waals surface area contributed by atoms with Crippen molar-refractivity contribution in [3.8, 4) is 0 Å². The van der Waals surface area contributed by atoms with Crippen molar-refractivity contribution in [3.63, 3.8) is 0 Å². The summed E-state index contributed by atoms with van der Waals surface area (Å²) in [6.07, 6.45) is 7.29. The first-order valence-electron chi connectivity index (χ1n) is 11.6. The molecule has 0 amide bonds. The fourth-order valence-electron chi connectivity index (χ4n) is 4.88. The number of rotatable bonds is 9. The molecule has 1 N–H and O–H groups in total. The fraction of sp³-hybridized carbons (Fsp3) is 0.600. The lowest BCUT2D eigenvalue weighted by Gasteiger charge is -2.35. The van der Waals surface area contributed by atoms with Gasteiger partial charge in [0, 0.05) is 48.8 Å². The maximum Gasteiger partial charge on any atom is 0.0637 e. The van der Waals surface area contributed by atoms with E-state index in [0.717, 1.165) is 25.9 Å². The highest BCUT2D eigenvalue weighted by atomic mass is 32.2. The number of nitrogens with one attached hydrogen (secondary N) is 1. The molecule has 2 aliphatic heterocycles. The van der Waals surface area contributed by atoms with E-state index in [9.17, 15) is 0 Å². The minimum Gasteiger partial charge on any atom is -0.383 e. The van der Waals surface area contributed by atoms with Crippen molar-refractivity contribution in [1.82, 2.24) is 4.90 Å². The van der Waals surface area contributed by atoms with Crippen molar-refractivity contribution in [1.29, 1.82) is 0 Å². The molecule has 1 saturated heterocycles. The predicted octanol–water partition coefficient (Wildman–Crippen LogP) is 4.89. The van der Waals surface area contributed by atoms with E-state index in [1.807, 2.05) is 11.8 Å². The zero-order chi connectivity index (χ0) is 21.8. The summed E-state index contributed by atoms with van der Waals surface area (Å²) in [7, 11) is 3.53. The molecule has 1 unspecified atom stereocenters. The summed E-state index contributed by atoms with van der Waals surface area (Å²) in [5, 5.41) is 3.84. The fourth-order valence-corrected chi connectivity index (χ4v) is 6.18. The molecular formula is C25H37N3O2S. The van der Waals surface area contributed by atoms with Gasteiger partial charge < -0.3 is 19.7 Å². The van der Waals surface area contributed by atoms with Gasteiger partial charge in [-0.25, -0.2) is 0 Å². The zero-order valence-corrected chi connectivity index (χ0v) is 20.3. The molecule has 6 heteroatoms. The van der Waals surface area contributed by atoms with Gasteiger partial charge in [-0.15, -0.1) is 0 Å². The van der Waals surface area contributed by atoms with Crippen LogP contribution in [0.5, 0.6) is 0 Å². The first kappa shape index (κ1) is 22.7. The van der Waals surface area contributed by atoms with Crippen molar-refractivity contribution >= 4 is 23.1 Å². The van der Waals surface area contributed by atoms with Crippen molar-refractivity contribution in [2.45, 2.75) is 50.5 Å². The summed E-state index contributed by atoms with van der Waals surface area (Å²) >= 11 is 1.98. The van der Waals surface area contributed by atoms with E-state index in [2.05, 4.69) is 47.2 Å². The van der Waals surface area contributed by atoms with Gasteiger partial charge in [0.05, 0.1) is 24.6 Å². The average molecular weight is 444 g/mol. The van der Waals surface area contributed by atoms with Crippen molar-refractivity contribution in [3.05, 3.63) is 39.9 Å². The monoisotopic (exact) mass is 443 g/mol.